The molecule has 2 amide bonds. The molecular formula is C26H23ClN2O5. The molecule has 0 N–H and O–H groups in total. The Morgan fingerprint density at radius 2 is 1.53 bits per heavy atom. The van der Waals surface area contributed by atoms with Crippen molar-refractivity contribution >= 4 is 34.8 Å². The molecule has 2 aliphatic heterocycles. The van der Waals surface area contributed by atoms with Crippen LogP contribution in [-0.4, -0.2) is 32.1 Å². The van der Waals surface area contributed by atoms with Crippen LogP contribution in [0.2, 0.25) is 5.02 Å². The number of amides is 2. The van der Waals surface area contributed by atoms with Gasteiger partial charge in [-0.25, -0.2) is 9.96 Å². The van der Waals surface area contributed by atoms with E-state index in [-0.39, 0.29) is 5.91 Å². The Bertz CT molecular complexity index is 1250. The van der Waals surface area contributed by atoms with E-state index in [2.05, 4.69) is 0 Å². The number of methoxy groups -OCH3 is 2. The van der Waals surface area contributed by atoms with E-state index in [0.717, 1.165) is 5.56 Å². The van der Waals surface area contributed by atoms with Gasteiger partial charge in [0, 0.05) is 16.7 Å². The van der Waals surface area contributed by atoms with Gasteiger partial charge in [0.2, 0.25) is 5.91 Å². The highest BCUT2D eigenvalue weighted by atomic mass is 35.5. The van der Waals surface area contributed by atoms with Crippen molar-refractivity contribution in [3.05, 3.63) is 82.9 Å². The van der Waals surface area contributed by atoms with Crippen LogP contribution in [0.25, 0.3) is 0 Å². The Balaban J connectivity index is 1.62. The second kappa shape index (κ2) is 8.66. The normalized spacial score (nSPS) is 21.7. The number of ether oxygens (including phenoxy) is 2. The van der Waals surface area contributed by atoms with Crippen LogP contribution in [0.4, 0.5) is 11.4 Å². The van der Waals surface area contributed by atoms with Crippen molar-refractivity contribution in [1.29, 1.82) is 0 Å². The van der Waals surface area contributed by atoms with Crippen LogP contribution in [0.15, 0.2) is 66.7 Å². The first-order valence-electron chi connectivity index (χ1n) is 10.8. The number of hydrogen-bond donors (Lipinski definition) is 0. The molecule has 2 aliphatic rings. The van der Waals surface area contributed by atoms with Crippen LogP contribution >= 0.6 is 11.6 Å². The molecule has 5 rings (SSSR count). The molecule has 0 aromatic heterocycles. The number of aryl methyl sites for hydroxylation is 1. The summed E-state index contributed by atoms with van der Waals surface area (Å²) >= 11 is 6.08. The zero-order valence-electron chi connectivity index (χ0n) is 18.9. The third-order valence-corrected chi connectivity index (χ3v) is 6.50. The van der Waals surface area contributed by atoms with Crippen molar-refractivity contribution in [2.75, 3.05) is 24.2 Å². The van der Waals surface area contributed by atoms with Crippen molar-refractivity contribution < 1.29 is 23.9 Å². The minimum Gasteiger partial charge on any atom is -0.497 e. The molecule has 7 nitrogen and oxygen atoms in total. The smallest absolute Gasteiger partial charge is 0.266 e. The zero-order chi connectivity index (χ0) is 24.0. The minimum atomic E-state index is -0.971. The van der Waals surface area contributed by atoms with Crippen LogP contribution in [0.1, 0.15) is 17.2 Å². The van der Waals surface area contributed by atoms with Gasteiger partial charge in [0.05, 0.1) is 31.6 Å². The number of hydroxylamine groups is 1. The lowest BCUT2D eigenvalue weighted by molar-refractivity contribution is -0.126. The maximum Gasteiger partial charge on any atom is 0.266 e. The fourth-order valence-corrected chi connectivity index (χ4v) is 4.68. The van der Waals surface area contributed by atoms with Gasteiger partial charge in [0.15, 0.2) is 6.10 Å². The number of hydrogen-bond acceptors (Lipinski definition) is 6. The predicted molar refractivity (Wildman–Crippen MR) is 128 cm³/mol. The van der Waals surface area contributed by atoms with Gasteiger partial charge in [-0.3, -0.25) is 14.4 Å². The maximum atomic E-state index is 13.7. The summed E-state index contributed by atoms with van der Waals surface area (Å²) in [5.41, 5.74) is 2.94. The third kappa shape index (κ3) is 3.57. The molecule has 3 aromatic rings. The molecule has 0 aliphatic carbocycles. The number of rotatable bonds is 5. The Hall–Kier alpha value is -3.55. The standard InChI is InChI=1S/C26H23ClN2O5/c1-15-4-8-17(9-5-15)28-25(30)22-23(20-13-12-19(32-2)14-21(20)33-3)29(34-24(22)26(28)31)18-10-6-16(27)7-11-18/h4-14,22-24H,1-3H3/t22-,23+,24-/m0/s1. The van der Waals surface area contributed by atoms with Crippen molar-refractivity contribution in [2.24, 2.45) is 5.92 Å². The number of imide groups is 1. The van der Waals surface area contributed by atoms with Gasteiger partial charge >= 0.3 is 0 Å². The molecule has 2 heterocycles. The summed E-state index contributed by atoms with van der Waals surface area (Å²) in [5.74, 6) is -0.344. The van der Waals surface area contributed by atoms with Crippen LogP contribution in [-0.2, 0) is 14.4 Å². The van der Waals surface area contributed by atoms with Gasteiger partial charge in [0.1, 0.15) is 17.4 Å². The fourth-order valence-electron chi connectivity index (χ4n) is 4.55. The van der Waals surface area contributed by atoms with Crippen molar-refractivity contribution in [3.8, 4) is 11.5 Å². The van der Waals surface area contributed by atoms with Gasteiger partial charge in [-0.15, -0.1) is 0 Å². The highest BCUT2D eigenvalue weighted by molar-refractivity contribution is 6.30. The number of benzene rings is 3. The minimum absolute atomic E-state index is 0.321. The largest absolute Gasteiger partial charge is 0.497 e. The average Bonchev–Trinajstić information content (AvgIpc) is 3.35. The predicted octanol–water partition coefficient (Wildman–Crippen LogP) is 4.72. The molecule has 34 heavy (non-hydrogen) atoms. The molecule has 2 saturated heterocycles. The number of carbonyl (C=O) groups excluding carboxylic acids is 2. The molecule has 0 radical (unpaired) electrons. The van der Waals surface area contributed by atoms with Crippen molar-refractivity contribution in [3.63, 3.8) is 0 Å². The first-order chi connectivity index (χ1) is 16.4. The number of anilines is 2. The van der Waals surface area contributed by atoms with Gasteiger partial charge in [-0.2, -0.15) is 0 Å². The number of carbonyl (C=O) groups is 2. The topological polar surface area (TPSA) is 68.3 Å². The summed E-state index contributed by atoms with van der Waals surface area (Å²) in [5, 5.41) is 2.18. The summed E-state index contributed by atoms with van der Waals surface area (Å²) in [4.78, 5) is 34.6. The average molecular weight is 479 g/mol. The molecule has 0 saturated carbocycles. The molecule has 3 aromatic carbocycles. The lowest BCUT2D eigenvalue weighted by Gasteiger charge is -2.29. The van der Waals surface area contributed by atoms with Gasteiger partial charge in [-0.05, 0) is 55.5 Å². The Kier molecular flexibility index (Phi) is 5.67. The summed E-state index contributed by atoms with van der Waals surface area (Å²) < 4.78 is 11.0. The van der Waals surface area contributed by atoms with E-state index in [1.54, 1.807) is 67.8 Å². The second-order valence-corrected chi connectivity index (χ2v) is 8.69. The van der Waals surface area contributed by atoms with E-state index in [1.165, 1.54) is 4.90 Å². The van der Waals surface area contributed by atoms with Crippen LogP contribution in [0.3, 0.4) is 0 Å². The highest BCUT2D eigenvalue weighted by Gasteiger charge is 2.60. The van der Waals surface area contributed by atoms with E-state index in [1.807, 2.05) is 25.1 Å². The van der Waals surface area contributed by atoms with Gasteiger partial charge in [-0.1, -0.05) is 29.3 Å². The molecule has 0 spiro atoms. The highest BCUT2D eigenvalue weighted by Crippen LogP contribution is 2.50. The maximum absolute atomic E-state index is 13.7. The molecule has 8 heteroatoms. The summed E-state index contributed by atoms with van der Waals surface area (Å²) in [6.45, 7) is 1.95. The lowest BCUT2D eigenvalue weighted by Crippen LogP contribution is -2.37. The summed E-state index contributed by atoms with van der Waals surface area (Å²) in [6, 6.07) is 19.1. The lowest BCUT2D eigenvalue weighted by atomic mass is 9.90. The second-order valence-electron chi connectivity index (χ2n) is 8.25. The number of nitrogens with zero attached hydrogens (tertiary/aromatic N) is 2. The SMILES string of the molecule is COc1ccc([C@@H]2[C@@H]3C(=O)N(c4ccc(C)cc4)C(=O)[C@H]3ON2c2ccc(Cl)cc2)c(OC)c1. The fraction of sp³-hybridized carbons (Fsp3) is 0.231. The molecular weight excluding hydrogens is 456 g/mol. The van der Waals surface area contributed by atoms with E-state index < -0.39 is 24.0 Å². The van der Waals surface area contributed by atoms with Crippen molar-refractivity contribution in [1.82, 2.24) is 0 Å². The van der Waals surface area contributed by atoms with E-state index >= 15 is 0 Å². The first-order valence-corrected chi connectivity index (χ1v) is 11.2. The third-order valence-electron chi connectivity index (χ3n) is 6.25. The van der Waals surface area contributed by atoms with Crippen LogP contribution in [0, 0.1) is 12.8 Å². The van der Waals surface area contributed by atoms with Gasteiger partial charge in [0.25, 0.3) is 5.91 Å². The molecule has 0 bridgehead atoms. The first kappa shape index (κ1) is 22.3. The molecule has 174 valence electrons. The monoisotopic (exact) mass is 478 g/mol. The summed E-state index contributed by atoms with van der Waals surface area (Å²) in [7, 11) is 3.13. The number of fused-ring (bicyclic) bond motifs is 1. The Morgan fingerprint density at radius 1 is 0.853 bits per heavy atom. The Labute approximate surface area is 202 Å². The van der Waals surface area contributed by atoms with E-state index in [0.29, 0.717) is 33.5 Å². The van der Waals surface area contributed by atoms with Crippen LogP contribution in [0.5, 0.6) is 11.5 Å². The summed E-state index contributed by atoms with van der Waals surface area (Å²) in [6.07, 6.45) is -0.971. The molecule has 2 fully saturated rings. The number of halogens is 1. The molecule has 0 unspecified atom stereocenters. The van der Waals surface area contributed by atoms with Crippen LogP contribution < -0.4 is 19.4 Å². The van der Waals surface area contributed by atoms with E-state index in [9.17, 15) is 9.59 Å². The zero-order valence-corrected chi connectivity index (χ0v) is 19.7. The van der Waals surface area contributed by atoms with Crippen molar-refractivity contribution in [2.45, 2.75) is 19.1 Å². The molecule has 3 atom stereocenters. The Morgan fingerprint density at radius 3 is 2.18 bits per heavy atom. The van der Waals surface area contributed by atoms with E-state index in [4.69, 9.17) is 25.9 Å². The quantitative estimate of drug-likeness (QED) is 0.494. The van der Waals surface area contributed by atoms with Gasteiger partial charge < -0.3 is 9.47 Å².